The minimum Gasteiger partial charge on any atom is -0.481 e. The summed E-state index contributed by atoms with van der Waals surface area (Å²) in [5, 5.41) is 0. The Kier molecular flexibility index (Phi) is 3.76. The van der Waals surface area contributed by atoms with Crippen LogP contribution in [0.1, 0.15) is 10.5 Å². The summed E-state index contributed by atoms with van der Waals surface area (Å²) in [6, 6.07) is 7.18. The maximum atomic E-state index is 12.5. The molecular weight excluding hydrogens is 306 g/mol. The van der Waals surface area contributed by atoms with Crippen LogP contribution in [0.3, 0.4) is 0 Å². The highest BCUT2D eigenvalue weighted by Crippen LogP contribution is 2.33. The molecule has 0 bridgehead atoms. The molecular formula is C17H19N5O2. The Morgan fingerprint density at radius 2 is 1.88 bits per heavy atom. The van der Waals surface area contributed by atoms with Crippen molar-refractivity contribution in [1.29, 1.82) is 0 Å². The number of hydrogen-bond donors (Lipinski definition) is 0. The lowest BCUT2D eigenvalue weighted by molar-refractivity contribution is 0.0777. The minimum atomic E-state index is 0.0224. The molecule has 0 aromatic carbocycles. The minimum absolute atomic E-state index is 0.0224. The zero-order valence-electron chi connectivity index (χ0n) is 13.5. The fourth-order valence-corrected chi connectivity index (χ4v) is 3.57. The van der Waals surface area contributed by atoms with Crippen molar-refractivity contribution in [1.82, 2.24) is 19.9 Å². The number of likely N-dealkylation sites (tertiary alicyclic amines) is 1. The van der Waals surface area contributed by atoms with E-state index in [0.29, 0.717) is 29.4 Å². The van der Waals surface area contributed by atoms with Crippen molar-refractivity contribution < 1.29 is 9.53 Å². The largest absolute Gasteiger partial charge is 0.481 e. The summed E-state index contributed by atoms with van der Waals surface area (Å²) in [5.41, 5.74) is 0.519. The van der Waals surface area contributed by atoms with E-state index in [4.69, 9.17) is 4.74 Å². The van der Waals surface area contributed by atoms with Gasteiger partial charge >= 0.3 is 0 Å². The van der Waals surface area contributed by atoms with Gasteiger partial charge in [0.05, 0.1) is 7.11 Å². The van der Waals surface area contributed by atoms with Crippen molar-refractivity contribution in [3.8, 4) is 5.88 Å². The molecule has 0 N–H and O–H groups in total. The first-order chi connectivity index (χ1) is 11.7. The third-order valence-electron chi connectivity index (χ3n) is 4.77. The summed E-state index contributed by atoms with van der Waals surface area (Å²) in [6.45, 7) is 3.26. The average Bonchev–Trinajstić information content (AvgIpc) is 3.21. The lowest BCUT2D eigenvalue weighted by Gasteiger charge is -2.21. The van der Waals surface area contributed by atoms with Crippen molar-refractivity contribution in [3.05, 3.63) is 42.4 Å². The van der Waals surface area contributed by atoms with Crippen molar-refractivity contribution in [2.75, 3.05) is 38.2 Å². The molecule has 4 rings (SSSR count). The maximum Gasteiger partial charge on any atom is 0.272 e. The molecule has 2 aromatic rings. The predicted octanol–water partition coefficient (Wildman–Crippen LogP) is 1.09. The van der Waals surface area contributed by atoms with Crippen LogP contribution >= 0.6 is 0 Å². The highest BCUT2D eigenvalue weighted by molar-refractivity contribution is 5.92. The van der Waals surface area contributed by atoms with E-state index < -0.39 is 0 Å². The summed E-state index contributed by atoms with van der Waals surface area (Å²) < 4.78 is 5.17. The number of fused-ring (bicyclic) bond motifs is 1. The third-order valence-corrected chi connectivity index (χ3v) is 4.77. The lowest BCUT2D eigenvalue weighted by Crippen LogP contribution is -2.34. The number of anilines is 1. The van der Waals surface area contributed by atoms with Crippen LogP contribution in [0.5, 0.6) is 5.88 Å². The van der Waals surface area contributed by atoms with Gasteiger partial charge in [0, 0.05) is 56.5 Å². The quantitative estimate of drug-likeness (QED) is 0.841. The van der Waals surface area contributed by atoms with E-state index in [1.807, 2.05) is 17.0 Å². The standard InChI is InChI=1S/C17H19N5O2/c1-24-15-5-7-19-17(20-15)22-10-12-8-21(9-13(12)11-22)16(23)14-4-2-3-6-18-14/h2-7,12-13H,8-11H2,1H3. The van der Waals surface area contributed by atoms with Crippen molar-refractivity contribution in [2.45, 2.75) is 0 Å². The molecule has 7 nitrogen and oxygen atoms in total. The molecule has 2 aliphatic rings. The highest BCUT2D eigenvalue weighted by Gasteiger charge is 2.42. The Bertz CT molecular complexity index is 725. The molecule has 124 valence electrons. The monoisotopic (exact) mass is 325 g/mol. The van der Waals surface area contributed by atoms with Crippen LogP contribution in [-0.4, -0.2) is 59.0 Å². The molecule has 24 heavy (non-hydrogen) atoms. The summed E-state index contributed by atoms with van der Waals surface area (Å²) >= 11 is 0. The number of carbonyl (C=O) groups excluding carboxylic acids is 1. The van der Waals surface area contributed by atoms with Gasteiger partial charge < -0.3 is 14.5 Å². The van der Waals surface area contributed by atoms with Gasteiger partial charge in [-0.2, -0.15) is 4.98 Å². The second kappa shape index (κ2) is 6.07. The lowest BCUT2D eigenvalue weighted by atomic mass is 10.0. The van der Waals surface area contributed by atoms with Crippen LogP contribution in [-0.2, 0) is 0 Å². The van der Waals surface area contributed by atoms with Gasteiger partial charge in [-0.1, -0.05) is 6.07 Å². The molecule has 0 saturated carbocycles. The zero-order chi connectivity index (χ0) is 16.5. The predicted molar refractivity (Wildman–Crippen MR) is 87.9 cm³/mol. The number of amides is 1. The molecule has 2 saturated heterocycles. The summed E-state index contributed by atoms with van der Waals surface area (Å²) in [7, 11) is 1.60. The fourth-order valence-electron chi connectivity index (χ4n) is 3.57. The molecule has 1 amide bonds. The second-order valence-corrected chi connectivity index (χ2v) is 6.25. The van der Waals surface area contributed by atoms with Crippen LogP contribution in [0, 0.1) is 11.8 Å². The number of aromatic nitrogens is 3. The number of pyridine rings is 1. The van der Waals surface area contributed by atoms with E-state index in [9.17, 15) is 4.79 Å². The van der Waals surface area contributed by atoms with E-state index in [1.54, 1.807) is 31.6 Å². The van der Waals surface area contributed by atoms with Gasteiger partial charge in [-0.3, -0.25) is 9.78 Å². The number of nitrogens with zero attached hydrogens (tertiary/aromatic N) is 5. The Hall–Kier alpha value is -2.70. The van der Waals surface area contributed by atoms with Gasteiger partial charge in [0.15, 0.2) is 0 Å². The molecule has 0 radical (unpaired) electrons. The van der Waals surface area contributed by atoms with Crippen molar-refractivity contribution in [3.63, 3.8) is 0 Å². The average molecular weight is 325 g/mol. The van der Waals surface area contributed by atoms with E-state index in [-0.39, 0.29) is 5.91 Å². The van der Waals surface area contributed by atoms with Gasteiger partial charge in [0.25, 0.3) is 5.91 Å². The fraction of sp³-hybridized carbons (Fsp3) is 0.412. The molecule has 2 aliphatic heterocycles. The van der Waals surface area contributed by atoms with Crippen LogP contribution in [0.2, 0.25) is 0 Å². The number of hydrogen-bond acceptors (Lipinski definition) is 6. The molecule has 2 atom stereocenters. The third kappa shape index (κ3) is 2.66. The van der Waals surface area contributed by atoms with Crippen LogP contribution in [0.25, 0.3) is 0 Å². The first-order valence-corrected chi connectivity index (χ1v) is 8.07. The van der Waals surface area contributed by atoms with Gasteiger partial charge in [0.2, 0.25) is 11.8 Å². The zero-order valence-corrected chi connectivity index (χ0v) is 13.5. The molecule has 2 aromatic heterocycles. The van der Waals surface area contributed by atoms with Gasteiger partial charge in [-0.05, 0) is 12.1 Å². The Labute approximate surface area is 140 Å². The van der Waals surface area contributed by atoms with Gasteiger partial charge in [-0.15, -0.1) is 0 Å². The molecule has 2 fully saturated rings. The molecule has 0 aliphatic carbocycles. The van der Waals surface area contributed by atoms with Crippen molar-refractivity contribution >= 4 is 11.9 Å². The number of ether oxygens (including phenoxy) is 1. The summed E-state index contributed by atoms with van der Waals surface area (Å²) in [4.78, 5) is 29.5. The summed E-state index contributed by atoms with van der Waals surface area (Å²) in [6.07, 6.45) is 3.37. The first kappa shape index (κ1) is 14.9. The van der Waals surface area contributed by atoms with E-state index in [1.165, 1.54) is 0 Å². The van der Waals surface area contributed by atoms with Crippen LogP contribution < -0.4 is 9.64 Å². The Balaban J connectivity index is 1.42. The van der Waals surface area contributed by atoms with Gasteiger partial charge in [0.1, 0.15) is 5.69 Å². The number of carbonyl (C=O) groups is 1. The van der Waals surface area contributed by atoms with E-state index in [2.05, 4.69) is 19.9 Å². The first-order valence-electron chi connectivity index (χ1n) is 8.07. The Morgan fingerprint density at radius 1 is 1.08 bits per heavy atom. The molecule has 4 heterocycles. The second-order valence-electron chi connectivity index (χ2n) is 6.25. The maximum absolute atomic E-state index is 12.5. The molecule has 0 spiro atoms. The number of rotatable bonds is 3. The van der Waals surface area contributed by atoms with Crippen LogP contribution in [0.15, 0.2) is 36.7 Å². The van der Waals surface area contributed by atoms with E-state index in [0.717, 1.165) is 26.2 Å². The van der Waals surface area contributed by atoms with Crippen LogP contribution in [0.4, 0.5) is 5.95 Å². The topological polar surface area (TPSA) is 71.5 Å². The normalized spacial score (nSPS) is 22.5. The highest BCUT2D eigenvalue weighted by atomic mass is 16.5. The van der Waals surface area contributed by atoms with Gasteiger partial charge in [-0.25, -0.2) is 4.98 Å². The summed E-state index contributed by atoms with van der Waals surface area (Å²) in [5.74, 6) is 2.20. The molecule has 7 heteroatoms. The number of methoxy groups -OCH3 is 1. The smallest absolute Gasteiger partial charge is 0.272 e. The van der Waals surface area contributed by atoms with E-state index >= 15 is 0 Å². The Morgan fingerprint density at radius 3 is 2.54 bits per heavy atom. The SMILES string of the molecule is COc1ccnc(N2CC3CN(C(=O)c4ccccn4)CC3C2)n1. The van der Waals surface area contributed by atoms with Crippen molar-refractivity contribution in [2.24, 2.45) is 11.8 Å². The molecule has 2 unspecified atom stereocenters.